The van der Waals surface area contributed by atoms with Crippen LogP contribution in [0, 0.1) is 5.92 Å². The number of amides is 1. The lowest BCUT2D eigenvalue weighted by Crippen LogP contribution is -2.26. The molecule has 13 heteroatoms. The number of aryl methyl sites for hydroxylation is 1. The van der Waals surface area contributed by atoms with Gasteiger partial charge in [0.15, 0.2) is 0 Å². The lowest BCUT2D eigenvalue weighted by Gasteiger charge is -2.18. The topological polar surface area (TPSA) is 110 Å². The zero-order chi connectivity index (χ0) is 29.6. The number of carbonyl (C=O) groups excluding carboxylic acids is 1. The number of imidazole rings is 1. The molecule has 0 radical (unpaired) electrons. The number of hydrogen-bond donors (Lipinski definition) is 2. The van der Waals surface area contributed by atoms with Crippen molar-refractivity contribution in [3.8, 4) is 28.1 Å². The van der Waals surface area contributed by atoms with Gasteiger partial charge in [0.2, 0.25) is 5.91 Å². The molecule has 1 fully saturated rings. The largest absolute Gasteiger partial charge is 0.331 e. The number of H-pyrrole nitrogens is 1. The number of rotatable bonds is 5. The van der Waals surface area contributed by atoms with E-state index in [0.717, 1.165) is 28.9 Å². The van der Waals surface area contributed by atoms with E-state index >= 15 is 0 Å². The van der Waals surface area contributed by atoms with Gasteiger partial charge < -0.3 is 14.9 Å². The molecule has 0 bridgehead atoms. The Kier molecular flexibility index (Phi) is 5.86. The molecule has 216 valence electrons. The number of hydrogen-bond acceptors (Lipinski definition) is 5. The average Bonchev–Trinajstić information content (AvgIpc) is 3.28. The summed E-state index contributed by atoms with van der Waals surface area (Å²) in [4.78, 5) is 33.6. The molecule has 43 heavy (non-hydrogen) atoms. The number of aromatic amines is 1. The standard InChI is InChI=1S/C30H21Cl2F2N7O2/c31-16-3-5-22(40-12-21(29(33)34)38-39-40)17(10-16)15-8-23-18-11-19(18)27(41(23)25(43)9-15)30-36-26(28(32)37-30)14-1-4-20-13(7-14)2-6-24(42)35-20/h1,3-5,7-10,12,18-19,27,29H,2,6,11H2,(H,35,42)(H,36,37). The highest BCUT2D eigenvalue weighted by Crippen LogP contribution is 2.60. The molecule has 2 N–H and O–H groups in total. The minimum absolute atomic E-state index is 0.00122. The van der Waals surface area contributed by atoms with Crippen molar-refractivity contribution in [3.05, 3.63) is 98.0 Å². The van der Waals surface area contributed by atoms with Crippen molar-refractivity contribution >= 4 is 34.8 Å². The number of alkyl halides is 2. The smallest absolute Gasteiger partial charge is 0.283 e. The lowest BCUT2D eigenvalue weighted by atomic mass is 9.99. The van der Waals surface area contributed by atoms with Crippen molar-refractivity contribution in [2.45, 2.75) is 37.6 Å². The number of nitrogens with zero attached hydrogens (tertiary/aromatic N) is 5. The fraction of sp³-hybridized carbons (Fsp3) is 0.233. The number of fused-ring (bicyclic) bond motifs is 4. The van der Waals surface area contributed by atoms with Crippen LogP contribution in [-0.2, 0) is 11.2 Å². The second kappa shape index (κ2) is 9.58. The maximum atomic E-state index is 13.7. The van der Waals surface area contributed by atoms with Crippen molar-refractivity contribution in [1.82, 2.24) is 29.5 Å². The number of carbonyl (C=O) groups is 1. The number of nitrogens with one attached hydrogen (secondary N) is 2. The zero-order valence-electron chi connectivity index (χ0n) is 22.2. The fourth-order valence-electron chi connectivity index (χ4n) is 6.42. The number of pyridine rings is 1. The number of anilines is 1. The third-order valence-electron chi connectivity index (χ3n) is 8.48. The van der Waals surface area contributed by atoms with E-state index in [0.29, 0.717) is 51.4 Å². The number of halogens is 4. The Morgan fingerprint density at radius 2 is 1.86 bits per heavy atom. The summed E-state index contributed by atoms with van der Waals surface area (Å²) in [7, 11) is 0. The maximum absolute atomic E-state index is 13.7. The summed E-state index contributed by atoms with van der Waals surface area (Å²) in [6, 6.07) is 13.9. The Balaban J connectivity index is 1.17. The maximum Gasteiger partial charge on any atom is 0.283 e. The Morgan fingerprint density at radius 3 is 2.67 bits per heavy atom. The molecule has 3 aromatic heterocycles. The second-order valence-corrected chi connectivity index (χ2v) is 11.9. The Hall–Kier alpha value is -4.35. The molecule has 3 atom stereocenters. The summed E-state index contributed by atoms with van der Waals surface area (Å²) in [6.07, 6.45) is 0.364. The SMILES string of the molecule is O=C1CCc2cc(-c3nc(C4C5CC5c5cc(-c6cc(Cl)ccc6-n6cc(C(F)F)nn6)cc(=O)n54)[nH]c3Cl)ccc2N1. The molecule has 1 amide bonds. The highest BCUT2D eigenvalue weighted by molar-refractivity contribution is 6.32. The summed E-state index contributed by atoms with van der Waals surface area (Å²) >= 11 is 13.0. The zero-order valence-corrected chi connectivity index (χ0v) is 23.7. The van der Waals surface area contributed by atoms with E-state index in [2.05, 4.69) is 20.6 Å². The first-order chi connectivity index (χ1) is 20.7. The van der Waals surface area contributed by atoms with Crippen molar-refractivity contribution < 1.29 is 13.6 Å². The van der Waals surface area contributed by atoms with Crippen molar-refractivity contribution in [2.24, 2.45) is 5.92 Å². The predicted octanol–water partition coefficient (Wildman–Crippen LogP) is 6.32. The monoisotopic (exact) mass is 619 g/mol. The van der Waals surface area contributed by atoms with E-state index in [-0.39, 0.29) is 29.3 Å². The molecular formula is C30H21Cl2F2N7O2. The van der Waals surface area contributed by atoms with Crippen LogP contribution in [0.3, 0.4) is 0 Å². The molecule has 5 aromatic rings. The average molecular weight is 620 g/mol. The Labute approximate surface area is 252 Å². The van der Waals surface area contributed by atoms with Crippen LogP contribution in [0.5, 0.6) is 0 Å². The molecule has 3 aliphatic rings. The molecular weight excluding hydrogens is 599 g/mol. The number of aromatic nitrogens is 6. The van der Waals surface area contributed by atoms with Gasteiger partial charge in [-0.15, -0.1) is 5.10 Å². The summed E-state index contributed by atoms with van der Waals surface area (Å²) in [5, 5.41) is 11.1. The first kappa shape index (κ1) is 26.3. The first-order valence-electron chi connectivity index (χ1n) is 13.7. The third-order valence-corrected chi connectivity index (χ3v) is 8.99. The lowest BCUT2D eigenvalue weighted by molar-refractivity contribution is -0.116. The van der Waals surface area contributed by atoms with Crippen LogP contribution in [-0.4, -0.2) is 35.4 Å². The summed E-state index contributed by atoms with van der Waals surface area (Å²) in [5.74, 6) is 0.952. The number of benzene rings is 2. The molecule has 9 nitrogen and oxygen atoms in total. The quantitative estimate of drug-likeness (QED) is 0.239. The van der Waals surface area contributed by atoms with Crippen LogP contribution in [0.15, 0.2) is 59.5 Å². The van der Waals surface area contributed by atoms with Crippen molar-refractivity contribution in [2.75, 3.05) is 5.32 Å². The molecule has 3 unspecified atom stereocenters. The Morgan fingerprint density at radius 1 is 1.00 bits per heavy atom. The highest BCUT2D eigenvalue weighted by atomic mass is 35.5. The van der Waals surface area contributed by atoms with Gasteiger partial charge in [0.25, 0.3) is 12.0 Å². The molecule has 8 rings (SSSR count). The van der Waals surface area contributed by atoms with Crippen LogP contribution in [0.1, 0.15) is 54.0 Å². The summed E-state index contributed by atoms with van der Waals surface area (Å²) < 4.78 is 29.4. The molecule has 5 heterocycles. The van der Waals surface area contributed by atoms with Gasteiger partial charge in [0, 0.05) is 45.9 Å². The van der Waals surface area contributed by atoms with Gasteiger partial charge in [-0.05, 0) is 66.3 Å². The highest BCUT2D eigenvalue weighted by Gasteiger charge is 2.54. The van der Waals surface area contributed by atoms with E-state index in [9.17, 15) is 18.4 Å². The fourth-order valence-corrected chi connectivity index (χ4v) is 6.84. The van der Waals surface area contributed by atoms with Gasteiger partial charge in [0.05, 0.1) is 17.9 Å². The van der Waals surface area contributed by atoms with Gasteiger partial charge in [-0.2, -0.15) is 0 Å². The molecule has 0 spiro atoms. The van der Waals surface area contributed by atoms with Crippen LogP contribution in [0.4, 0.5) is 14.5 Å². The van der Waals surface area contributed by atoms with E-state index in [1.54, 1.807) is 22.8 Å². The Bertz CT molecular complexity index is 2040. The van der Waals surface area contributed by atoms with Crippen LogP contribution in [0.25, 0.3) is 28.1 Å². The normalized spacial score (nSPS) is 20.1. The van der Waals surface area contributed by atoms with Crippen LogP contribution >= 0.6 is 23.2 Å². The molecule has 1 saturated carbocycles. The van der Waals surface area contributed by atoms with Gasteiger partial charge in [-0.1, -0.05) is 34.5 Å². The third kappa shape index (κ3) is 4.29. The van der Waals surface area contributed by atoms with Crippen LogP contribution in [0.2, 0.25) is 10.2 Å². The first-order valence-corrected chi connectivity index (χ1v) is 14.5. The summed E-state index contributed by atoms with van der Waals surface area (Å²) in [5.41, 5.74) is 5.08. The minimum atomic E-state index is -2.76. The molecule has 2 aromatic carbocycles. The van der Waals surface area contributed by atoms with Gasteiger partial charge in [0.1, 0.15) is 22.4 Å². The molecule has 1 aliphatic carbocycles. The minimum Gasteiger partial charge on any atom is -0.331 e. The molecule has 2 aliphatic heterocycles. The predicted molar refractivity (Wildman–Crippen MR) is 156 cm³/mol. The molecule has 0 saturated heterocycles. The van der Waals surface area contributed by atoms with Crippen molar-refractivity contribution in [1.29, 1.82) is 0 Å². The van der Waals surface area contributed by atoms with E-state index in [4.69, 9.17) is 28.2 Å². The van der Waals surface area contributed by atoms with Gasteiger partial charge in [-0.25, -0.2) is 18.4 Å². The second-order valence-electron chi connectivity index (χ2n) is 11.1. The summed E-state index contributed by atoms with van der Waals surface area (Å²) in [6.45, 7) is 0. The van der Waals surface area contributed by atoms with E-state index < -0.39 is 12.1 Å². The van der Waals surface area contributed by atoms with Gasteiger partial charge >= 0.3 is 0 Å². The van der Waals surface area contributed by atoms with Gasteiger partial charge in [-0.3, -0.25) is 9.59 Å². The van der Waals surface area contributed by atoms with E-state index in [1.807, 2.05) is 24.3 Å². The van der Waals surface area contributed by atoms with E-state index in [1.165, 1.54) is 16.9 Å². The van der Waals surface area contributed by atoms with Crippen molar-refractivity contribution in [3.63, 3.8) is 0 Å². The van der Waals surface area contributed by atoms with Crippen LogP contribution < -0.4 is 10.9 Å².